The SMILES string of the molecule is CC/C=C/C[SiH2]CCCC. The molecule has 0 N–H and O–H groups in total. The molecule has 0 aliphatic rings. The van der Waals surface area contributed by atoms with Gasteiger partial charge in [0.15, 0.2) is 0 Å². The molecule has 0 radical (unpaired) electrons. The molecule has 0 aliphatic heterocycles. The minimum atomic E-state index is 0.293. The second kappa shape index (κ2) is 8.96. The number of hydrogen-bond donors (Lipinski definition) is 0. The van der Waals surface area contributed by atoms with Gasteiger partial charge in [-0.05, 0) is 12.5 Å². The van der Waals surface area contributed by atoms with Crippen molar-refractivity contribution in [3.8, 4) is 0 Å². The zero-order valence-electron chi connectivity index (χ0n) is 7.40. The third-order valence-corrected chi connectivity index (χ3v) is 3.37. The van der Waals surface area contributed by atoms with E-state index in [0.717, 1.165) is 0 Å². The maximum absolute atomic E-state index is 2.36. The smallest absolute Gasteiger partial charge is 0.0240 e. The highest BCUT2D eigenvalue weighted by atomic mass is 28.2. The molecule has 0 nitrogen and oxygen atoms in total. The van der Waals surface area contributed by atoms with E-state index in [0.29, 0.717) is 9.52 Å². The van der Waals surface area contributed by atoms with Crippen molar-refractivity contribution in [2.24, 2.45) is 0 Å². The van der Waals surface area contributed by atoms with Crippen LogP contribution in [0.15, 0.2) is 12.2 Å². The second-order valence-electron chi connectivity index (χ2n) is 2.73. The fourth-order valence-electron chi connectivity index (χ4n) is 0.973. The maximum Gasteiger partial charge on any atom is 0.0240 e. The molecule has 0 aromatic rings. The van der Waals surface area contributed by atoms with Crippen LogP contribution in [0.2, 0.25) is 12.1 Å². The van der Waals surface area contributed by atoms with Gasteiger partial charge < -0.3 is 0 Å². The lowest BCUT2D eigenvalue weighted by Gasteiger charge is -1.91. The average Bonchev–Trinajstić information content (AvgIpc) is 1.97. The highest BCUT2D eigenvalue weighted by Gasteiger charge is 1.84. The lowest BCUT2D eigenvalue weighted by Crippen LogP contribution is -1.84. The van der Waals surface area contributed by atoms with E-state index in [4.69, 9.17) is 0 Å². The predicted molar refractivity (Wildman–Crippen MR) is 52.5 cm³/mol. The molecular formula is C9H20Si. The molecule has 0 heterocycles. The first-order valence-electron chi connectivity index (χ1n) is 4.56. The van der Waals surface area contributed by atoms with Crippen molar-refractivity contribution in [2.45, 2.75) is 45.2 Å². The highest BCUT2D eigenvalue weighted by molar-refractivity contribution is 6.36. The van der Waals surface area contributed by atoms with Gasteiger partial charge in [0.25, 0.3) is 0 Å². The monoisotopic (exact) mass is 156 g/mol. The lowest BCUT2D eigenvalue weighted by molar-refractivity contribution is 0.878. The summed E-state index contributed by atoms with van der Waals surface area (Å²) < 4.78 is 0. The number of allylic oxidation sites excluding steroid dienone is 2. The molecule has 0 aromatic carbocycles. The molecule has 0 saturated heterocycles. The summed E-state index contributed by atoms with van der Waals surface area (Å²) in [6.07, 6.45) is 8.71. The van der Waals surface area contributed by atoms with Crippen LogP contribution in [0.25, 0.3) is 0 Å². The predicted octanol–water partition coefficient (Wildman–Crippen LogP) is 2.76. The Morgan fingerprint density at radius 1 is 1.20 bits per heavy atom. The van der Waals surface area contributed by atoms with Gasteiger partial charge in [-0.3, -0.25) is 0 Å². The standard InChI is InChI=1S/C9H20Si/c1-3-5-7-9-10-8-6-4-2/h5,7H,3-4,6,8-10H2,1-2H3/b7-5+. The van der Waals surface area contributed by atoms with Gasteiger partial charge in [-0.2, -0.15) is 0 Å². The fraction of sp³-hybridized carbons (Fsp3) is 0.778. The van der Waals surface area contributed by atoms with E-state index in [2.05, 4.69) is 26.0 Å². The van der Waals surface area contributed by atoms with E-state index >= 15 is 0 Å². The summed E-state index contributed by atoms with van der Waals surface area (Å²) in [7, 11) is 0.293. The molecule has 0 aromatic heterocycles. The molecule has 10 heavy (non-hydrogen) atoms. The van der Waals surface area contributed by atoms with Crippen molar-refractivity contribution in [1.29, 1.82) is 0 Å². The van der Waals surface area contributed by atoms with Crippen LogP contribution < -0.4 is 0 Å². The van der Waals surface area contributed by atoms with Crippen LogP contribution >= 0.6 is 0 Å². The van der Waals surface area contributed by atoms with E-state index in [1.165, 1.54) is 25.3 Å². The second-order valence-corrected chi connectivity index (χ2v) is 4.72. The molecule has 0 bridgehead atoms. The van der Waals surface area contributed by atoms with Crippen molar-refractivity contribution in [1.82, 2.24) is 0 Å². The molecular weight excluding hydrogens is 136 g/mol. The van der Waals surface area contributed by atoms with Crippen LogP contribution in [0.1, 0.15) is 33.1 Å². The normalized spacial score (nSPS) is 12.2. The third-order valence-electron chi connectivity index (χ3n) is 1.63. The Bertz CT molecular complexity index is 76.8. The topological polar surface area (TPSA) is 0 Å². The Kier molecular flexibility index (Phi) is 8.92. The van der Waals surface area contributed by atoms with Gasteiger partial charge in [0.1, 0.15) is 0 Å². The molecule has 0 unspecified atom stereocenters. The van der Waals surface area contributed by atoms with Crippen LogP contribution in [0.3, 0.4) is 0 Å². The quantitative estimate of drug-likeness (QED) is 0.315. The first-order valence-corrected chi connectivity index (χ1v) is 6.56. The Balaban J connectivity index is 2.83. The van der Waals surface area contributed by atoms with Crippen molar-refractivity contribution >= 4 is 9.52 Å². The number of unbranched alkanes of at least 4 members (excludes halogenated alkanes) is 1. The van der Waals surface area contributed by atoms with E-state index in [-0.39, 0.29) is 0 Å². The van der Waals surface area contributed by atoms with Crippen LogP contribution in [0.4, 0.5) is 0 Å². The van der Waals surface area contributed by atoms with Gasteiger partial charge in [-0.25, -0.2) is 0 Å². The Hall–Kier alpha value is -0.0431. The molecule has 0 spiro atoms. The van der Waals surface area contributed by atoms with E-state index in [1.54, 1.807) is 6.04 Å². The summed E-state index contributed by atoms with van der Waals surface area (Å²) in [4.78, 5) is 0. The van der Waals surface area contributed by atoms with E-state index in [9.17, 15) is 0 Å². The van der Waals surface area contributed by atoms with Crippen LogP contribution in [0.5, 0.6) is 0 Å². The Labute approximate surface area is 67.5 Å². The van der Waals surface area contributed by atoms with Gasteiger partial charge in [-0.15, -0.1) is 0 Å². The number of hydrogen-bond acceptors (Lipinski definition) is 0. The largest absolute Gasteiger partial charge is 0.0918 e. The number of rotatable bonds is 6. The molecule has 60 valence electrons. The minimum Gasteiger partial charge on any atom is -0.0918 e. The summed E-state index contributed by atoms with van der Waals surface area (Å²) >= 11 is 0. The highest BCUT2D eigenvalue weighted by Crippen LogP contribution is 1.96. The molecule has 1 heteroatoms. The third kappa shape index (κ3) is 7.96. The molecule has 0 amide bonds. The molecule has 0 rings (SSSR count). The van der Waals surface area contributed by atoms with Crippen molar-refractivity contribution in [3.05, 3.63) is 12.2 Å². The fourth-order valence-corrected chi connectivity index (χ4v) is 2.59. The van der Waals surface area contributed by atoms with Crippen molar-refractivity contribution in [2.75, 3.05) is 0 Å². The first-order chi connectivity index (χ1) is 4.91. The van der Waals surface area contributed by atoms with Crippen molar-refractivity contribution in [3.63, 3.8) is 0 Å². The van der Waals surface area contributed by atoms with Gasteiger partial charge in [0, 0.05) is 9.52 Å². The Morgan fingerprint density at radius 3 is 2.60 bits per heavy atom. The first kappa shape index (κ1) is 9.96. The molecule has 0 aliphatic carbocycles. The van der Waals surface area contributed by atoms with Gasteiger partial charge in [0.05, 0.1) is 0 Å². The van der Waals surface area contributed by atoms with Gasteiger partial charge >= 0.3 is 0 Å². The van der Waals surface area contributed by atoms with E-state index < -0.39 is 0 Å². The zero-order chi connectivity index (χ0) is 7.66. The summed E-state index contributed by atoms with van der Waals surface area (Å²) in [6, 6.07) is 2.97. The minimum absolute atomic E-state index is 0.293. The summed E-state index contributed by atoms with van der Waals surface area (Å²) in [5, 5.41) is 0. The summed E-state index contributed by atoms with van der Waals surface area (Å²) in [5.41, 5.74) is 0. The van der Waals surface area contributed by atoms with Crippen molar-refractivity contribution < 1.29 is 0 Å². The molecule has 0 fully saturated rings. The molecule has 0 atom stereocenters. The van der Waals surface area contributed by atoms with Gasteiger partial charge in [0.2, 0.25) is 0 Å². The maximum atomic E-state index is 2.36. The van der Waals surface area contributed by atoms with Gasteiger partial charge in [-0.1, -0.05) is 44.9 Å². The van der Waals surface area contributed by atoms with Crippen LogP contribution in [0, 0.1) is 0 Å². The summed E-state index contributed by atoms with van der Waals surface area (Å²) in [6.45, 7) is 4.47. The van der Waals surface area contributed by atoms with Crippen LogP contribution in [-0.2, 0) is 0 Å². The average molecular weight is 156 g/mol. The lowest BCUT2D eigenvalue weighted by atomic mass is 10.4. The molecule has 0 saturated carbocycles. The van der Waals surface area contributed by atoms with E-state index in [1.807, 2.05) is 0 Å². The Morgan fingerprint density at radius 2 is 2.00 bits per heavy atom. The zero-order valence-corrected chi connectivity index (χ0v) is 8.81. The van der Waals surface area contributed by atoms with Crippen LogP contribution in [-0.4, -0.2) is 9.52 Å². The summed E-state index contributed by atoms with van der Waals surface area (Å²) in [5.74, 6) is 0.